The maximum Gasteiger partial charge on any atom is 0.242 e. The van der Waals surface area contributed by atoms with E-state index in [9.17, 15) is 9.59 Å². The van der Waals surface area contributed by atoms with Gasteiger partial charge in [0.2, 0.25) is 11.8 Å². The zero-order valence-corrected chi connectivity index (χ0v) is 16.7. The van der Waals surface area contributed by atoms with E-state index in [0.717, 1.165) is 11.1 Å². The Morgan fingerprint density at radius 2 is 1.73 bits per heavy atom. The molecule has 0 aliphatic rings. The molecule has 0 aliphatic carbocycles. The van der Waals surface area contributed by atoms with Gasteiger partial charge in [-0.05, 0) is 36.2 Å². The van der Waals surface area contributed by atoms with Crippen molar-refractivity contribution in [3.63, 3.8) is 0 Å². The molecule has 2 aromatic rings. The third kappa shape index (κ3) is 5.13. The van der Waals surface area contributed by atoms with Gasteiger partial charge in [0, 0.05) is 18.6 Å². The number of nitrogens with zero attached hydrogens (tertiary/aromatic N) is 1. The highest BCUT2D eigenvalue weighted by Crippen LogP contribution is 2.24. The lowest BCUT2D eigenvalue weighted by Gasteiger charge is -2.28. The van der Waals surface area contributed by atoms with Gasteiger partial charge in [0.25, 0.3) is 0 Å². The van der Waals surface area contributed by atoms with Crippen LogP contribution in [-0.2, 0) is 22.6 Å². The number of likely N-dealkylation sites (N-methyl/N-ethyl adjacent to an activating group) is 1. The van der Waals surface area contributed by atoms with E-state index in [1.165, 1.54) is 11.9 Å². The predicted octanol–water partition coefficient (Wildman–Crippen LogP) is 4.35. The molecule has 0 fully saturated rings. The highest BCUT2D eigenvalue weighted by atomic mass is 35.5. The minimum Gasteiger partial charge on any atom is -0.357 e. The van der Waals surface area contributed by atoms with Crippen LogP contribution in [0.1, 0.15) is 18.1 Å². The largest absolute Gasteiger partial charge is 0.357 e. The Morgan fingerprint density at radius 1 is 1.04 bits per heavy atom. The van der Waals surface area contributed by atoms with Crippen molar-refractivity contribution in [3.05, 3.63) is 68.7 Å². The van der Waals surface area contributed by atoms with E-state index >= 15 is 0 Å². The zero-order chi connectivity index (χ0) is 19.3. The van der Waals surface area contributed by atoms with E-state index in [1.807, 2.05) is 18.2 Å². The number of benzene rings is 2. The Bertz CT molecular complexity index is 811. The molecular formula is C19H19Cl3N2O2. The van der Waals surface area contributed by atoms with Crippen molar-refractivity contribution in [2.45, 2.75) is 25.9 Å². The molecule has 2 aromatic carbocycles. The second-order valence-electron chi connectivity index (χ2n) is 5.83. The Morgan fingerprint density at radius 3 is 2.35 bits per heavy atom. The molecule has 0 saturated heterocycles. The first-order chi connectivity index (χ1) is 12.3. The van der Waals surface area contributed by atoms with Crippen molar-refractivity contribution in [3.8, 4) is 0 Å². The summed E-state index contributed by atoms with van der Waals surface area (Å²) in [5, 5.41) is 3.93. The summed E-state index contributed by atoms with van der Waals surface area (Å²) in [4.78, 5) is 26.5. The normalized spacial score (nSPS) is 11.7. The molecule has 138 valence electrons. The average molecular weight is 414 g/mol. The van der Waals surface area contributed by atoms with Gasteiger partial charge in [0.15, 0.2) is 0 Å². The van der Waals surface area contributed by atoms with Gasteiger partial charge in [-0.1, -0.05) is 59.1 Å². The maximum absolute atomic E-state index is 12.9. The molecule has 1 atom stereocenters. The zero-order valence-electron chi connectivity index (χ0n) is 14.4. The molecule has 0 aromatic heterocycles. The van der Waals surface area contributed by atoms with Gasteiger partial charge in [-0.2, -0.15) is 0 Å². The number of hydrogen-bond acceptors (Lipinski definition) is 2. The van der Waals surface area contributed by atoms with Crippen LogP contribution in [0.4, 0.5) is 0 Å². The summed E-state index contributed by atoms with van der Waals surface area (Å²) in [6, 6.07) is 11.6. The lowest BCUT2D eigenvalue weighted by atomic mass is 10.1. The van der Waals surface area contributed by atoms with Crippen molar-refractivity contribution in [2.75, 3.05) is 7.05 Å². The highest BCUT2D eigenvalue weighted by Gasteiger charge is 2.26. The molecule has 1 N–H and O–H groups in total. The minimum absolute atomic E-state index is 0.0999. The molecule has 0 bridgehead atoms. The first-order valence-corrected chi connectivity index (χ1v) is 9.15. The van der Waals surface area contributed by atoms with Gasteiger partial charge in [-0.3, -0.25) is 9.59 Å². The number of halogens is 3. The lowest BCUT2D eigenvalue weighted by molar-refractivity contribution is -0.139. The molecule has 0 saturated carbocycles. The van der Waals surface area contributed by atoms with Crippen molar-refractivity contribution < 1.29 is 9.59 Å². The predicted molar refractivity (Wildman–Crippen MR) is 106 cm³/mol. The summed E-state index contributed by atoms with van der Waals surface area (Å²) in [5.74, 6) is -0.459. The third-order valence-corrected chi connectivity index (χ3v) is 5.16. The van der Waals surface area contributed by atoms with Crippen LogP contribution in [0.3, 0.4) is 0 Å². The van der Waals surface area contributed by atoms with Crippen LogP contribution in [0.5, 0.6) is 0 Å². The van der Waals surface area contributed by atoms with Gasteiger partial charge < -0.3 is 10.2 Å². The van der Waals surface area contributed by atoms with Crippen LogP contribution in [0.15, 0.2) is 42.5 Å². The van der Waals surface area contributed by atoms with Crippen LogP contribution in [0.25, 0.3) is 0 Å². The average Bonchev–Trinajstić information content (AvgIpc) is 2.62. The van der Waals surface area contributed by atoms with E-state index in [2.05, 4.69) is 5.32 Å². The molecule has 0 unspecified atom stereocenters. The summed E-state index contributed by atoms with van der Waals surface area (Å²) in [5.41, 5.74) is 1.49. The van der Waals surface area contributed by atoms with Gasteiger partial charge in [0.1, 0.15) is 6.04 Å². The van der Waals surface area contributed by atoms with E-state index in [1.54, 1.807) is 31.2 Å². The maximum atomic E-state index is 12.9. The van der Waals surface area contributed by atoms with Crippen LogP contribution in [0, 0.1) is 0 Å². The SMILES string of the molecule is CNC(=O)[C@H](C)N(Cc1ccccc1Cl)C(=O)Cc1ccc(Cl)c(Cl)c1. The fourth-order valence-electron chi connectivity index (χ4n) is 2.53. The Kier molecular flexibility index (Phi) is 7.33. The van der Waals surface area contributed by atoms with Crippen molar-refractivity contribution in [1.82, 2.24) is 10.2 Å². The summed E-state index contributed by atoms with van der Waals surface area (Å²) in [6.45, 7) is 1.91. The van der Waals surface area contributed by atoms with Crippen LogP contribution in [-0.4, -0.2) is 29.8 Å². The van der Waals surface area contributed by atoms with Gasteiger partial charge in [-0.15, -0.1) is 0 Å². The molecule has 2 amide bonds. The Balaban J connectivity index is 2.26. The molecule has 0 aliphatic heterocycles. The number of carbonyl (C=O) groups is 2. The van der Waals surface area contributed by atoms with E-state index < -0.39 is 6.04 Å². The molecule has 7 heteroatoms. The number of carbonyl (C=O) groups excluding carboxylic acids is 2. The monoisotopic (exact) mass is 412 g/mol. The number of hydrogen-bond donors (Lipinski definition) is 1. The molecule has 0 radical (unpaired) electrons. The number of rotatable bonds is 6. The van der Waals surface area contributed by atoms with E-state index in [-0.39, 0.29) is 24.8 Å². The second-order valence-corrected chi connectivity index (χ2v) is 7.05. The third-order valence-electron chi connectivity index (χ3n) is 4.05. The fraction of sp³-hybridized carbons (Fsp3) is 0.263. The summed E-state index contributed by atoms with van der Waals surface area (Å²) >= 11 is 18.2. The molecule has 0 heterocycles. The highest BCUT2D eigenvalue weighted by molar-refractivity contribution is 6.42. The first kappa shape index (κ1) is 20.6. The molecule has 2 rings (SSSR count). The van der Waals surface area contributed by atoms with Crippen molar-refractivity contribution in [2.24, 2.45) is 0 Å². The van der Waals surface area contributed by atoms with Crippen LogP contribution >= 0.6 is 34.8 Å². The van der Waals surface area contributed by atoms with Crippen LogP contribution < -0.4 is 5.32 Å². The summed E-state index contributed by atoms with van der Waals surface area (Å²) < 4.78 is 0. The van der Waals surface area contributed by atoms with E-state index in [4.69, 9.17) is 34.8 Å². The topological polar surface area (TPSA) is 49.4 Å². The standard InChI is InChI=1S/C19H19Cl3N2O2/c1-12(19(26)23-2)24(11-14-5-3-4-6-15(14)20)18(25)10-13-7-8-16(21)17(22)9-13/h3-9,12H,10-11H2,1-2H3,(H,23,26)/t12-/m0/s1. The fourth-order valence-corrected chi connectivity index (χ4v) is 3.04. The Hall–Kier alpha value is -1.75. The van der Waals surface area contributed by atoms with Gasteiger partial charge in [0.05, 0.1) is 16.5 Å². The summed E-state index contributed by atoms with van der Waals surface area (Å²) in [7, 11) is 1.54. The minimum atomic E-state index is -0.647. The van der Waals surface area contributed by atoms with Crippen molar-refractivity contribution in [1.29, 1.82) is 0 Å². The molecule has 26 heavy (non-hydrogen) atoms. The lowest BCUT2D eigenvalue weighted by Crippen LogP contribution is -2.47. The molecule has 0 spiro atoms. The first-order valence-electron chi connectivity index (χ1n) is 8.02. The molecule has 4 nitrogen and oxygen atoms in total. The van der Waals surface area contributed by atoms with Crippen molar-refractivity contribution >= 4 is 46.6 Å². The van der Waals surface area contributed by atoms with Crippen LogP contribution in [0.2, 0.25) is 15.1 Å². The smallest absolute Gasteiger partial charge is 0.242 e. The van der Waals surface area contributed by atoms with Gasteiger partial charge in [-0.25, -0.2) is 0 Å². The number of amides is 2. The second kappa shape index (κ2) is 9.26. The molecular weight excluding hydrogens is 395 g/mol. The Labute approximate surface area is 168 Å². The van der Waals surface area contributed by atoms with Gasteiger partial charge >= 0.3 is 0 Å². The van der Waals surface area contributed by atoms with E-state index in [0.29, 0.717) is 15.1 Å². The summed E-state index contributed by atoms with van der Waals surface area (Å²) in [6.07, 6.45) is 0.0999. The number of nitrogens with one attached hydrogen (secondary N) is 1. The quantitative estimate of drug-likeness (QED) is 0.765.